The lowest BCUT2D eigenvalue weighted by Gasteiger charge is -2.10. The summed E-state index contributed by atoms with van der Waals surface area (Å²) >= 11 is 0. The number of nitrogens with zero attached hydrogens (tertiary/aromatic N) is 3. The molecule has 0 atom stereocenters. The zero-order valence-electron chi connectivity index (χ0n) is 20.5. The number of alkyl halides is 3. The molecule has 0 bridgehead atoms. The average molecular weight is 524 g/mol. The lowest BCUT2D eigenvalue weighted by molar-refractivity contribution is -0.137. The summed E-state index contributed by atoms with van der Waals surface area (Å²) in [5, 5.41) is 7.21. The maximum Gasteiger partial charge on any atom is 0.416 e. The van der Waals surface area contributed by atoms with Crippen LogP contribution in [0.5, 0.6) is 17.5 Å². The van der Waals surface area contributed by atoms with Crippen LogP contribution >= 0.6 is 0 Å². The summed E-state index contributed by atoms with van der Waals surface area (Å²) in [7, 11) is 0. The van der Waals surface area contributed by atoms with Gasteiger partial charge < -0.3 is 19.5 Å². The Morgan fingerprint density at radius 1 is 1.03 bits per heavy atom. The molecule has 196 valence electrons. The SMILES string of the molecule is CC(C)COc1nc(-c2ccc3c(c2)OCO3)n(-c2ccc(NC(=O)c3ccc(C(F)(F)F)cc3)cc2)n1. The van der Waals surface area contributed by atoms with Crippen LogP contribution in [0.1, 0.15) is 29.8 Å². The topological polar surface area (TPSA) is 87.5 Å². The molecule has 38 heavy (non-hydrogen) atoms. The van der Waals surface area contributed by atoms with Gasteiger partial charge in [-0.05, 0) is 72.6 Å². The lowest BCUT2D eigenvalue weighted by Crippen LogP contribution is -2.13. The molecule has 1 aromatic heterocycles. The van der Waals surface area contributed by atoms with Gasteiger partial charge in [-0.25, -0.2) is 4.68 Å². The van der Waals surface area contributed by atoms with Gasteiger partial charge in [0.25, 0.3) is 5.91 Å². The van der Waals surface area contributed by atoms with Crippen LogP contribution in [0.25, 0.3) is 17.1 Å². The Bertz CT molecular complexity index is 1450. The molecule has 1 aliphatic heterocycles. The van der Waals surface area contributed by atoms with Gasteiger partial charge in [-0.1, -0.05) is 13.8 Å². The van der Waals surface area contributed by atoms with Crippen molar-refractivity contribution in [2.45, 2.75) is 20.0 Å². The van der Waals surface area contributed by atoms with E-state index in [0.717, 1.165) is 29.8 Å². The van der Waals surface area contributed by atoms with E-state index < -0.39 is 17.6 Å². The number of anilines is 1. The Labute approximate surface area is 216 Å². The molecule has 2 heterocycles. The number of hydrogen-bond donors (Lipinski definition) is 1. The summed E-state index contributed by atoms with van der Waals surface area (Å²) in [5.74, 6) is 1.51. The van der Waals surface area contributed by atoms with Gasteiger partial charge in [-0.3, -0.25) is 4.79 Å². The maximum absolute atomic E-state index is 12.8. The summed E-state index contributed by atoms with van der Waals surface area (Å²) in [6, 6.07) is 16.5. The van der Waals surface area contributed by atoms with Gasteiger partial charge in [0, 0.05) is 16.8 Å². The largest absolute Gasteiger partial charge is 0.462 e. The monoisotopic (exact) mass is 524 g/mol. The van der Waals surface area contributed by atoms with Crippen molar-refractivity contribution in [2.75, 3.05) is 18.7 Å². The first-order chi connectivity index (χ1) is 18.2. The number of benzene rings is 3. The quantitative estimate of drug-likeness (QED) is 0.321. The minimum atomic E-state index is -4.47. The second-order valence-corrected chi connectivity index (χ2v) is 8.98. The fourth-order valence-corrected chi connectivity index (χ4v) is 3.70. The maximum atomic E-state index is 12.8. The van der Waals surface area contributed by atoms with Crippen molar-refractivity contribution in [1.29, 1.82) is 0 Å². The number of halogens is 3. The van der Waals surface area contributed by atoms with Crippen molar-refractivity contribution in [1.82, 2.24) is 14.8 Å². The zero-order chi connectivity index (χ0) is 26.9. The van der Waals surface area contributed by atoms with Gasteiger partial charge in [-0.15, -0.1) is 5.10 Å². The summed E-state index contributed by atoms with van der Waals surface area (Å²) in [4.78, 5) is 17.1. The highest BCUT2D eigenvalue weighted by Gasteiger charge is 2.30. The molecule has 5 rings (SSSR count). The van der Waals surface area contributed by atoms with Gasteiger partial charge in [0.05, 0.1) is 17.9 Å². The van der Waals surface area contributed by atoms with Crippen LogP contribution in [-0.2, 0) is 6.18 Å². The third-order valence-electron chi connectivity index (χ3n) is 5.61. The third kappa shape index (κ3) is 5.41. The van der Waals surface area contributed by atoms with Crippen LogP contribution in [-0.4, -0.2) is 34.1 Å². The van der Waals surface area contributed by atoms with E-state index in [1.54, 1.807) is 35.0 Å². The number of aromatic nitrogens is 3. The van der Waals surface area contributed by atoms with E-state index in [1.165, 1.54) is 0 Å². The third-order valence-corrected chi connectivity index (χ3v) is 5.61. The normalized spacial score (nSPS) is 12.6. The van der Waals surface area contributed by atoms with Crippen molar-refractivity contribution < 1.29 is 32.2 Å². The Balaban J connectivity index is 1.38. The summed E-state index contributed by atoms with van der Waals surface area (Å²) in [6.07, 6.45) is -4.47. The molecule has 11 heteroatoms. The van der Waals surface area contributed by atoms with E-state index in [4.69, 9.17) is 14.2 Å². The molecule has 0 fully saturated rings. The van der Waals surface area contributed by atoms with Crippen molar-refractivity contribution in [3.05, 3.63) is 77.9 Å². The number of fused-ring (bicyclic) bond motifs is 1. The number of rotatable bonds is 7. The predicted octanol–water partition coefficient (Wildman–Crippen LogP) is 5.97. The van der Waals surface area contributed by atoms with E-state index in [1.807, 2.05) is 26.0 Å². The van der Waals surface area contributed by atoms with Crippen molar-refractivity contribution >= 4 is 11.6 Å². The molecule has 0 spiro atoms. The van der Waals surface area contributed by atoms with Gasteiger partial charge in [0.15, 0.2) is 17.3 Å². The smallest absolute Gasteiger partial charge is 0.416 e. The Hall–Kier alpha value is -4.54. The Kier molecular flexibility index (Phi) is 6.66. The molecule has 3 aromatic carbocycles. The fourth-order valence-electron chi connectivity index (χ4n) is 3.70. The predicted molar refractivity (Wildman–Crippen MR) is 133 cm³/mol. The molecule has 1 aliphatic rings. The lowest BCUT2D eigenvalue weighted by atomic mass is 10.1. The van der Waals surface area contributed by atoms with Crippen LogP contribution < -0.4 is 19.5 Å². The van der Waals surface area contributed by atoms with E-state index >= 15 is 0 Å². The highest BCUT2D eigenvalue weighted by Crippen LogP contribution is 2.36. The molecular formula is C27H23F3N4O4. The molecule has 0 radical (unpaired) electrons. The van der Waals surface area contributed by atoms with E-state index in [9.17, 15) is 18.0 Å². The standard InChI is InChI=1S/C27H23F3N4O4/c1-16(2)14-36-26-32-24(18-5-12-22-23(13-18)38-15-37-22)34(33-26)21-10-8-20(9-11-21)31-25(35)17-3-6-19(7-4-17)27(28,29)30/h3-13,16H,14-15H2,1-2H3,(H,31,35). The van der Waals surface area contributed by atoms with E-state index in [-0.39, 0.29) is 24.3 Å². The molecular weight excluding hydrogens is 501 g/mol. The number of nitrogens with one attached hydrogen (secondary N) is 1. The molecule has 4 aromatic rings. The molecule has 0 saturated heterocycles. The average Bonchev–Trinajstić information content (AvgIpc) is 3.54. The van der Waals surface area contributed by atoms with E-state index in [0.29, 0.717) is 35.3 Å². The summed E-state index contributed by atoms with van der Waals surface area (Å²) in [6.45, 7) is 4.63. The highest BCUT2D eigenvalue weighted by molar-refractivity contribution is 6.04. The first-order valence-electron chi connectivity index (χ1n) is 11.8. The van der Waals surface area contributed by atoms with Crippen molar-refractivity contribution in [2.24, 2.45) is 5.92 Å². The highest BCUT2D eigenvalue weighted by atomic mass is 19.4. The molecule has 0 unspecified atom stereocenters. The zero-order valence-corrected chi connectivity index (χ0v) is 20.5. The minimum absolute atomic E-state index is 0.107. The van der Waals surface area contributed by atoms with Gasteiger partial charge >= 0.3 is 12.2 Å². The molecule has 1 N–H and O–H groups in total. The first kappa shape index (κ1) is 25.1. The molecule has 1 amide bonds. The Morgan fingerprint density at radius 2 is 1.74 bits per heavy atom. The number of hydrogen-bond acceptors (Lipinski definition) is 6. The summed E-state index contributed by atoms with van der Waals surface area (Å²) in [5.41, 5.74) is 1.13. The van der Waals surface area contributed by atoms with Gasteiger partial charge in [-0.2, -0.15) is 18.2 Å². The van der Waals surface area contributed by atoms with Crippen molar-refractivity contribution in [3.8, 4) is 34.6 Å². The Morgan fingerprint density at radius 3 is 2.42 bits per heavy atom. The summed E-state index contributed by atoms with van der Waals surface area (Å²) < 4.78 is 56.6. The second-order valence-electron chi connectivity index (χ2n) is 8.98. The van der Waals surface area contributed by atoms with Crippen LogP contribution in [0.2, 0.25) is 0 Å². The van der Waals surface area contributed by atoms with Gasteiger partial charge in [0.1, 0.15) is 0 Å². The van der Waals surface area contributed by atoms with Crippen molar-refractivity contribution in [3.63, 3.8) is 0 Å². The van der Waals surface area contributed by atoms with Crippen LogP contribution in [0, 0.1) is 5.92 Å². The van der Waals surface area contributed by atoms with Crippen LogP contribution in [0.4, 0.5) is 18.9 Å². The van der Waals surface area contributed by atoms with Crippen LogP contribution in [0.15, 0.2) is 66.7 Å². The van der Waals surface area contributed by atoms with E-state index in [2.05, 4.69) is 15.4 Å². The van der Waals surface area contributed by atoms with Crippen LogP contribution in [0.3, 0.4) is 0 Å². The molecule has 8 nitrogen and oxygen atoms in total. The number of carbonyl (C=O) groups is 1. The number of ether oxygens (including phenoxy) is 3. The molecule has 0 saturated carbocycles. The second kappa shape index (κ2) is 10.1. The first-order valence-corrected chi connectivity index (χ1v) is 11.8. The van der Waals surface area contributed by atoms with Gasteiger partial charge in [0.2, 0.25) is 6.79 Å². The molecule has 0 aliphatic carbocycles. The fraction of sp³-hybridized carbons (Fsp3) is 0.222. The number of amides is 1. The number of carbonyl (C=O) groups excluding carboxylic acids is 1. The minimum Gasteiger partial charge on any atom is -0.462 e.